The van der Waals surface area contributed by atoms with Crippen molar-refractivity contribution in [3.8, 4) is 5.75 Å². The number of azide groups is 1. The number of hydrogen-bond acceptors (Lipinski definition) is 3. The molecular weight excluding hydrogens is 232 g/mol. The van der Waals surface area contributed by atoms with Crippen molar-refractivity contribution in [2.24, 2.45) is 5.11 Å². The van der Waals surface area contributed by atoms with Gasteiger partial charge < -0.3 is 9.64 Å². The third-order valence-corrected chi connectivity index (χ3v) is 2.96. The highest BCUT2D eigenvalue weighted by Crippen LogP contribution is 2.29. The van der Waals surface area contributed by atoms with Gasteiger partial charge in [0.1, 0.15) is 5.75 Å². The van der Waals surface area contributed by atoms with Crippen molar-refractivity contribution in [2.45, 2.75) is 19.4 Å². The van der Waals surface area contributed by atoms with Crippen LogP contribution in [0.4, 0.5) is 5.69 Å². The van der Waals surface area contributed by atoms with Gasteiger partial charge in [0, 0.05) is 23.6 Å². The predicted molar refractivity (Wildman–Crippen MR) is 67.4 cm³/mol. The van der Waals surface area contributed by atoms with Crippen molar-refractivity contribution in [3.63, 3.8) is 0 Å². The van der Waals surface area contributed by atoms with Gasteiger partial charge in [-0.3, -0.25) is 4.79 Å². The molecule has 0 spiro atoms. The fourth-order valence-corrected chi connectivity index (χ4v) is 2.09. The lowest BCUT2D eigenvalue weighted by Gasteiger charge is -2.19. The molecule has 1 aromatic rings. The van der Waals surface area contributed by atoms with Crippen LogP contribution in [0.3, 0.4) is 0 Å². The normalized spacial score (nSPS) is 14.5. The molecule has 0 atom stereocenters. The Morgan fingerprint density at radius 1 is 1.56 bits per heavy atom. The average Bonchev–Trinajstić information content (AvgIpc) is 2.82. The monoisotopic (exact) mass is 246 g/mol. The van der Waals surface area contributed by atoms with Crippen LogP contribution >= 0.6 is 0 Å². The summed E-state index contributed by atoms with van der Waals surface area (Å²) >= 11 is 0. The number of carbonyl (C=O) groups is 1. The van der Waals surface area contributed by atoms with Gasteiger partial charge in [0.05, 0.1) is 13.7 Å². The molecule has 0 saturated carbocycles. The van der Waals surface area contributed by atoms with E-state index >= 15 is 0 Å². The highest BCUT2D eigenvalue weighted by Gasteiger charge is 2.23. The molecule has 0 radical (unpaired) electrons. The number of ether oxygens (including phenoxy) is 1. The number of carbonyl (C=O) groups excluding carboxylic acids is 1. The van der Waals surface area contributed by atoms with E-state index in [1.54, 1.807) is 24.1 Å². The Morgan fingerprint density at radius 2 is 2.39 bits per heavy atom. The van der Waals surface area contributed by atoms with Crippen molar-refractivity contribution in [1.82, 2.24) is 0 Å². The third-order valence-electron chi connectivity index (χ3n) is 2.96. The summed E-state index contributed by atoms with van der Waals surface area (Å²) in [5.74, 6) is 0.802. The summed E-state index contributed by atoms with van der Waals surface area (Å²) < 4.78 is 5.14. The van der Waals surface area contributed by atoms with Gasteiger partial charge in [-0.05, 0) is 35.7 Å². The summed E-state index contributed by atoms with van der Waals surface area (Å²) in [7, 11) is 1.58. The first kappa shape index (κ1) is 12.3. The zero-order valence-corrected chi connectivity index (χ0v) is 10.2. The lowest BCUT2D eigenvalue weighted by Crippen LogP contribution is -2.24. The first-order valence-electron chi connectivity index (χ1n) is 5.74. The molecule has 0 aliphatic carbocycles. The van der Waals surface area contributed by atoms with E-state index < -0.39 is 0 Å². The van der Waals surface area contributed by atoms with Crippen LogP contribution in [0, 0.1) is 0 Å². The molecule has 1 aliphatic rings. The molecular formula is C12H14N4O2. The van der Waals surface area contributed by atoms with Crippen LogP contribution in [0.2, 0.25) is 0 Å². The SMILES string of the molecule is COc1ccc(N2CCCC2=O)c(CN=[N+]=[N-])c1. The topological polar surface area (TPSA) is 78.3 Å². The average molecular weight is 246 g/mol. The van der Waals surface area contributed by atoms with E-state index in [9.17, 15) is 4.79 Å². The standard InChI is InChI=1S/C12H14N4O2/c1-18-10-4-5-11(9(7-10)8-14-15-13)16-6-2-3-12(16)17/h4-5,7H,2-3,6,8H2,1H3. The molecule has 0 aromatic heterocycles. The molecule has 0 unspecified atom stereocenters. The van der Waals surface area contributed by atoms with E-state index in [4.69, 9.17) is 10.3 Å². The Bertz CT molecular complexity index is 509. The Kier molecular flexibility index (Phi) is 3.69. The van der Waals surface area contributed by atoms with Gasteiger partial charge >= 0.3 is 0 Å². The lowest BCUT2D eigenvalue weighted by atomic mass is 10.1. The number of benzene rings is 1. The van der Waals surface area contributed by atoms with E-state index in [1.165, 1.54) is 0 Å². The fourth-order valence-electron chi connectivity index (χ4n) is 2.09. The minimum atomic E-state index is 0.113. The number of amides is 1. The van der Waals surface area contributed by atoms with Crippen molar-refractivity contribution in [2.75, 3.05) is 18.6 Å². The molecule has 18 heavy (non-hydrogen) atoms. The van der Waals surface area contributed by atoms with Gasteiger partial charge in [-0.25, -0.2) is 0 Å². The van der Waals surface area contributed by atoms with Crippen LogP contribution in [0.15, 0.2) is 23.3 Å². The summed E-state index contributed by atoms with van der Waals surface area (Å²) in [6.07, 6.45) is 1.44. The molecule has 1 aromatic carbocycles. The van der Waals surface area contributed by atoms with Crippen LogP contribution < -0.4 is 9.64 Å². The highest BCUT2D eigenvalue weighted by molar-refractivity contribution is 5.96. The summed E-state index contributed by atoms with van der Waals surface area (Å²) in [5.41, 5.74) is 10.0. The van der Waals surface area contributed by atoms with Crippen molar-refractivity contribution in [3.05, 3.63) is 34.2 Å². The Morgan fingerprint density at radius 3 is 3.00 bits per heavy atom. The third kappa shape index (κ3) is 2.38. The summed E-state index contributed by atoms with van der Waals surface area (Å²) in [5, 5.41) is 3.56. The Balaban J connectivity index is 2.38. The van der Waals surface area contributed by atoms with E-state index in [-0.39, 0.29) is 12.5 Å². The van der Waals surface area contributed by atoms with E-state index in [0.29, 0.717) is 18.7 Å². The van der Waals surface area contributed by atoms with Crippen molar-refractivity contribution < 1.29 is 9.53 Å². The second-order valence-corrected chi connectivity index (χ2v) is 4.03. The van der Waals surface area contributed by atoms with Gasteiger partial charge in [0.2, 0.25) is 5.91 Å². The number of anilines is 1. The Labute approximate surface area is 105 Å². The largest absolute Gasteiger partial charge is 0.497 e. The second kappa shape index (κ2) is 5.42. The molecule has 0 N–H and O–H groups in total. The number of hydrogen-bond donors (Lipinski definition) is 0. The van der Waals surface area contributed by atoms with Crippen molar-refractivity contribution >= 4 is 11.6 Å². The molecule has 1 heterocycles. The minimum absolute atomic E-state index is 0.113. The number of methoxy groups -OCH3 is 1. The second-order valence-electron chi connectivity index (χ2n) is 4.03. The quantitative estimate of drug-likeness (QED) is 0.465. The van der Waals surface area contributed by atoms with Gasteiger partial charge in [-0.2, -0.15) is 0 Å². The van der Waals surface area contributed by atoms with Crippen LogP contribution in [0.5, 0.6) is 5.75 Å². The maximum atomic E-state index is 11.7. The van der Waals surface area contributed by atoms with E-state index in [2.05, 4.69) is 10.0 Å². The van der Waals surface area contributed by atoms with Gasteiger partial charge in [-0.1, -0.05) is 5.11 Å². The van der Waals surface area contributed by atoms with Gasteiger partial charge in [-0.15, -0.1) is 0 Å². The molecule has 94 valence electrons. The van der Waals surface area contributed by atoms with Crippen LogP contribution in [-0.4, -0.2) is 19.6 Å². The van der Waals surface area contributed by atoms with E-state index in [1.807, 2.05) is 6.07 Å². The summed E-state index contributed by atoms with van der Waals surface area (Å²) in [6.45, 7) is 0.932. The van der Waals surface area contributed by atoms with Crippen LogP contribution in [0.1, 0.15) is 18.4 Å². The zero-order valence-electron chi connectivity index (χ0n) is 10.2. The van der Waals surface area contributed by atoms with Crippen LogP contribution in [-0.2, 0) is 11.3 Å². The smallest absolute Gasteiger partial charge is 0.227 e. The summed E-state index contributed by atoms with van der Waals surface area (Å²) in [4.78, 5) is 16.2. The molecule has 1 saturated heterocycles. The van der Waals surface area contributed by atoms with Crippen molar-refractivity contribution in [1.29, 1.82) is 0 Å². The molecule has 1 aliphatic heterocycles. The van der Waals surface area contributed by atoms with Gasteiger partial charge in [0.15, 0.2) is 0 Å². The fraction of sp³-hybridized carbons (Fsp3) is 0.417. The molecule has 6 heteroatoms. The molecule has 1 fully saturated rings. The molecule has 1 amide bonds. The zero-order chi connectivity index (χ0) is 13.0. The predicted octanol–water partition coefficient (Wildman–Crippen LogP) is 2.63. The van der Waals surface area contributed by atoms with E-state index in [0.717, 1.165) is 17.7 Å². The molecule has 0 bridgehead atoms. The Hall–Kier alpha value is -2.20. The molecule has 2 rings (SSSR count). The number of nitrogens with zero attached hydrogens (tertiary/aromatic N) is 4. The lowest BCUT2D eigenvalue weighted by molar-refractivity contribution is -0.117. The van der Waals surface area contributed by atoms with Gasteiger partial charge in [0.25, 0.3) is 0 Å². The minimum Gasteiger partial charge on any atom is -0.497 e. The maximum Gasteiger partial charge on any atom is 0.227 e. The first-order chi connectivity index (χ1) is 8.76. The molecule has 6 nitrogen and oxygen atoms in total. The maximum absolute atomic E-state index is 11.7. The summed E-state index contributed by atoms with van der Waals surface area (Å²) in [6, 6.07) is 5.44. The number of rotatable bonds is 4. The first-order valence-corrected chi connectivity index (χ1v) is 5.74. The highest BCUT2D eigenvalue weighted by atomic mass is 16.5. The van der Waals surface area contributed by atoms with Crippen LogP contribution in [0.25, 0.3) is 10.4 Å².